The molecule has 0 saturated heterocycles. The van der Waals surface area contributed by atoms with Gasteiger partial charge in [-0.25, -0.2) is 0 Å². The summed E-state index contributed by atoms with van der Waals surface area (Å²) in [5, 5.41) is 0. The Hall–Kier alpha value is 1.27. The lowest BCUT2D eigenvalue weighted by atomic mass is 10.0. The number of halogens is 3. The highest BCUT2D eigenvalue weighted by Crippen LogP contribution is 2.24. The molecule has 16 heavy (non-hydrogen) atoms. The minimum atomic E-state index is 0.114. The molecule has 2 unspecified atom stereocenters. The van der Waals surface area contributed by atoms with E-state index in [1.54, 1.807) is 0 Å². The first-order valence-corrected chi connectivity index (χ1v) is 8.47. The highest BCUT2D eigenvalue weighted by molar-refractivity contribution is 14.1. The second-order valence-electron chi connectivity index (χ2n) is 4.55. The molecule has 1 nitrogen and oxygen atoms in total. The van der Waals surface area contributed by atoms with Crippen LogP contribution in [0.2, 0.25) is 0 Å². The molecular weight excluding hydrogens is 358 g/mol. The molecule has 0 N–H and O–H groups in total. The van der Waals surface area contributed by atoms with Crippen LogP contribution in [-0.4, -0.2) is 28.4 Å². The van der Waals surface area contributed by atoms with Gasteiger partial charge in [0, 0.05) is 18.4 Å². The van der Waals surface area contributed by atoms with Gasteiger partial charge in [0.1, 0.15) is 0 Å². The van der Waals surface area contributed by atoms with E-state index in [9.17, 15) is 0 Å². The molecule has 96 valence electrons. The Labute approximate surface area is 123 Å². The van der Waals surface area contributed by atoms with Crippen LogP contribution in [0.4, 0.5) is 0 Å². The van der Waals surface area contributed by atoms with E-state index < -0.39 is 0 Å². The molecule has 1 rings (SSSR count). The molecule has 0 aromatic carbocycles. The summed E-state index contributed by atoms with van der Waals surface area (Å²) in [4.78, 5) is 0. The molecule has 0 amide bonds. The molecule has 0 heterocycles. The van der Waals surface area contributed by atoms with Crippen molar-refractivity contribution in [1.82, 2.24) is 0 Å². The summed E-state index contributed by atoms with van der Waals surface area (Å²) in [6.07, 6.45) is 8.27. The van der Waals surface area contributed by atoms with Crippen LogP contribution in [0.25, 0.3) is 0 Å². The van der Waals surface area contributed by atoms with Gasteiger partial charge in [-0.05, 0) is 18.8 Å². The maximum Gasteiger partial charge on any atom is 0.0839 e. The van der Waals surface area contributed by atoms with Gasteiger partial charge in [-0.2, -0.15) is 0 Å². The Morgan fingerprint density at radius 1 is 1.06 bits per heavy atom. The first-order chi connectivity index (χ1) is 7.77. The lowest BCUT2D eigenvalue weighted by Crippen LogP contribution is -2.29. The second-order valence-corrected chi connectivity index (χ2v) is 6.77. The van der Waals surface area contributed by atoms with Crippen LogP contribution in [0.1, 0.15) is 38.5 Å². The molecule has 1 aliphatic carbocycles. The number of hydrogen-bond donors (Lipinski definition) is 0. The molecule has 1 fully saturated rings. The quantitative estimate of drug-likeness (QED) is 0.372. The normalized spacial score (nSPS) is 22.7. The van der Waals surface area contributed by atoms with Crippen molar-refractivity contribution in [3.05, 3.63) is 0 Å². The number of rotatable bonds is 6. The lowest BCUT2D eigenvalue weighted by molar-refractivity contribution is 0.0424. The number of alkyl halides is 3. The van der Waals surface area contributed by atoms with E-state index in [2.05, 4.69) is 22.6 Å². The van der Waals surface area contributed by atoms with Gasteiger partial charge in [0.15, 0.2) is 0 Å². The molecule has 0 bridgehead atoms. The molecule has 0 aliphatic heterocycles. The topological polar surface area (TPSA) is 9.23 Å². The molecule has 0 spiro atoms. The van der Waals surface area contributed by atoms with Crippen molar-refractivity contribution in [1.29, 1.82) is 0 Å². The van der Waals surface area contributed by atoms with Crippen molar-refractivity contribution in [2.75, 3.05) is 18.4 Å². The van der Waals surface area contributed by atoms with Gasteiger partial charge < -0.3 is 4.74 Å². The van der Waals surface area contributed by atoms with Crippen LogP contribution in [0, 0.1) is 5.92 Å². The molecule has 0 aromatic rings. The fraction of sp³-hybridized carbons (Fsp3) is 1.00. The van der Waals surface area contributed by atoms with E-state index in [1.165, 1.54) is 38.5 Å². The van der Waals surface area contributed by atoms with E-state index in [-0.39, 0.29) is 6.10 Å². The summed E-state index contributed by atoms with van der Waals surface area (Å²) in [5.41, 5.74) is 0. The Morgan fingerprint density at radius 2 is 1.69 bits per heavy atom. The molecule has 2 atom stereocenters. The first kappa shape index (κ1) is 15.3. The SMILES string of the molecule is ClCC(I)C(CCl)OCC1CCCCCC1. The second kappa shape index (κ2) is 9.23. The van der Waals surface area contributed by atoms with Gasteiger partial charge in [-0.3, -0.25) is 0 Å². The van der Waals surface area contributed by atoms with Crippen molar-refractivity contribution in [3.8, 4) is 0 Å². The standard InChI is InChI=1S/C12H21Cl2IO/c13-7-11(15)12(8-14)16-9-10-5-3-1-2-4-6-10/h10-12H,1-9H2. The zero-order valence-corrected chi connectivity index (χ0v) is 13.3. The van der Waals surface area contributed by atoms with E-state index in [0.717, 1.165) is 12.5 Å². The lowest BCUT2D eigenvalue weighted by Gasteiger charge is -2.22. The summed E-state index contributed by atoms with van der Waals surface area (Å²) in [6, 6.07) is 0. The number of ether oxygens (including phenoxy) is 1. The van der Waals surface area contributed by atoms with Crippen molar-refractivity contribution >= 4 is 45.8 Å². The van der Waals surface area contributed by atoms with Gasteiger partial charge in [0.25, 0.3) is 0 Å². The van der Waals surface area contributed by atoms with Gasteiger partial charge in [0.2, 0.25) is 0 Å². The summed E-state index contributed by atoms with van der Waals surface area (Å²) in [5.74, 6) is 1.91. The highest BCUT2D eigenvalue weighted by atomic mass is 127. The average Bonchev–Trinajstić information content (AvgIpc) is 2.58. The van der Waals surface area contributed by atoms with Crippen LogP contribution < -0.4 is 0 Å². The minimum absolute atomic E-state index is 0.114. The van der Waals surface area contributed by atoms with Crippen LogP contribution >= 0.6 is 45.8 Å². The van der Waals surface area contributed by atoms with Crippen molar-refractivity contribution in [3.63, 3.8) is 0 Å². The van der Waals surface area contributed by atoms with Gasteiger partial charge in [-0.1, -0.05) is 48.3 Å². The average molecular weight is 379 g/mol. The molecule has 0 radical (unpaired) electrons. The van der Waals surface area contributed by atoms with E-state index in [0.29, 0.717) is 15.7 Å². The minimum Gasteiger partial charge on any atom is -0.376 e. The third-order valence-electron chi connectivity index (χ3n) is 3.22. The van der Waals surface area contributed by atoms with Crippen molar-refractivity contribution in [2.24, 2.45) is 5.92 Å². The smallest absolute Gasteiger partial charge is 0.0839 e. The van der Waals surface area contributed by atoms with E-state index in [4.69, 9.17) is 27.9 Å². The van der Waals surface area contributed by atoms with E-state index in [1.807, 2.05) is 0 Å². The largest absolute Gasteiger partial charge is 0.376 e. The van der Waals surface area contributed by atoms with Crippen molar-refractivity contribution < 1.29 is 4.74 Å². The van der Waals surface area contributed by atoms with E-state index >= 15 is 0 Å². The summed E-state index contributed by atoms with van der Waals surface area (Å²) in [7, 11) is 0. The predicted molar refractivity (Wildman–Crippen MR) is 80.2 cm³/mol. The summed E-state index contributed by atoms with van der Waals surface area (Å²) >= 11 is 14.1. The Balaban J connectivity index is 2.24. The fourth-order valence-corrected chi connectivity index (χ4v) is 3.40. The van der Waals surface area contributed by atoms with Gasteiger partial charge in [0.05, 0.1) is 10.0 Å². The molecular formula is C12H21Cl2IO. The van der Waals surface area contributed by atoms with Gasteiger partial charge in [-0.15, -0.1) is 23.2 Å². The molecule has 1 aliphatic rings. The monoisotopic (exact) mass is 378 g/mol. The summed E-state index contributed by atoms with van der Waals surface area (Å²) in [6.45, 7) is 0.869. The van der Waals surface area contributed by atoms with Gasteiger partial charge >= 0.3 is 0 Å². The first-order valence-electron chi connectivity index (χ1n) is 6.15. The number of hydrogen-bond acceptors (Lipinski definition) is 1. The fourth-order valence-electron chi connectivity index (χ4n) is 2.14. The maximum atomic E-state index is 5.92. The Kier molecular flexibility index (Phi) is 8.85. The summed E-state index contributed by atoms with van der Waals surface area (Å²) < 4.78 is 6.24. The predicted octanol–water partition coefficient (Wildman–Crippen LogP) is 4.62. The molecule has 4 heteroatoms. The Bertz CT molecular complexity index is 172. The third kappa shape index (κ3) is 5.74. The van der Waals surface area contributed by atoms with Crippen LogP contribution in [0.5, 0.6) is 0 Å². The third-order valence-corrected chi connectivity index (χ3v) is 5.62. The van der Waals surface area contributed by atoms with Crippen LogP contribution in [0.15, 0.2) is 0 Å². The zero-order valence-electron chi connectivity index (χ0n) is 9.64. The van der Waals surface area contributed by atoms with Crippen LogP contribution in [0.3, 0.4) is 0 Å². The van der Waals surface area contributed by atoms with Crippen LogP contribution in [-0.2, 0) is 4.74 Å². The molecule has 1 saturated carbocycles. The Morgan fingerprint density at radius 3 is 2.19 bits per heavy atom. The molecule has 0 aromatic heterocycles. The zero-order chi connectivity index (χ0) is 11.8. The highest BCUT2D eigenvalue weighted by Gasteiger charge is 2.20. The van der Waals surface area contributed by atoms with Crippen molar-refractivity contribution in [2.45, 2.75) is 48.6 Å². The maximum absolute atomic E-state index is 5.92.